The van der Waals surface area contributed by atoms with Crippen LogP contribution in [0, 0.1) is 0 Å². The van der Waals surface area contributed by atoms with E-state index < -0.39 is 0 Å². The highest BCUT2D eigenvalue weighted by atomic mass is 35.5. The number of esters is 1. The third-order valence-electron chi connectivity index (χ3n) is 5.99. The lowest BCUT2D eigenvalue weighted by atomic mass is 9.89. The van der Waals surface area contributed by atoms with Gasteiger partial charge in [0.25, 0.3) is 0 Å². The van der Waals surface area contributed by atoms with Crippen LogP contribution in [-0.4, -0.2) is 30.5 Å². The van der Waals surface area contributed by atoms with Crippen molar-refractivity contribution < 1.29 is 9.53 Å². The van der Waals surface area contributed by atoms with Gasteiger partial charge in [-0.05, 0) is 66.7 Å². The molecule has 3 nitrogen and oxygen atoms in total. The molecule has 0 aliphatic carbocycles. The molecule has 1 aliphatic heterocycles. The van der Waals surface area contributed by atoms with Gasteiger partial charge >= 0.3 is 5.97 Å². The highest BCUT2D eigenvalue weighted by molar-refractivity contribution is 6.30. The lowest BCUT2D eigenvalue weighted by Crippen LogP contribution is -2.37. The number of halogens is 1. The molecule has 0 spiro atoms. The zero-order valence-electron chi connectivity index (χ0n) is 18.1. The van der Waals surface area contributed by atoms with Crippen LogP contribution in [0.25, 0.3) is 6.08 Å². The summed E-state index contributed by atoms with van der Waals surface area (Å²) in [7, 11) is 0. The molecule has 1 atom stereocenters. The Labute approximate surface area is 195 Å². The standard InChI is InChI=1S/C28H28ClNO2/c29-26-14-12-25(13-15-26)27(32-28(31)16-11-22-7-3-1-4-8-22)21-30-19-17-24(18-20-30)23-9-5-2-6-10-23/h1-16,24,27H,17-21H2. The Morgan fingerprint density at radius 2 is 1.56 bits per heavy atom. The van der Waals surface area contributed by atoms with Gasteiger partial charge in [-0.3, -0.25) is 4.90 Å². The van der Waals surface area contributed by atoms with Crippen molar-refractivity contribution in [1.82, 2.24) is 4.90 Å². The van der Waals surface area contributed by atoms with E-state index in [1.807, 2.05) is 54.6 Å². The van der Waals surface area contributed by atoms with Gasteiger partial charge < -0.3 is 4.74 Å². The van der Waals surface area contributed by atoms with Crippen LogP contribution in [-0.2, 0) is 9.53 Å². The fourth-order valence-corrected chi connectivity index (χ4v) is 4.33. The Balaban J connectivity index is 1.40. The Hall–Kier alpha value is -2.88. The quantitative estimate of drug-likeness (QED) is 0.306. The molecule has 0 saturated carbocycles. The van der Waals surface area contributed by atoms with Gasteiger partial charge in [0.15, 0.2) is 0 Å². The van der Waals surface area contributed by atoms with Crippen LogP contribution in [0.5, 0.6) is 0 Å². The average Bonchev–Trinajstić information content (AvgIpc) is 2.84. The first-order valence-corrected chi connectivity index (χ1v) is 11.5. The number of nitrogens with zero attached hydrogens (tertiary/aromatic N) is 1. The van der Waals surface area contributed by atoms with Gasteiger partial charge in [0.05, 0.1) is 0 Å². The molecule has 0 bridgehead atoms. The average molecular weight is 446 g/mol. The van der Waals surface area contributed by atoms with Gasteiger partial charge in [-0.2, -0.15) is 0 Å². The lowest BCUT2D eigenvalue weighted by molar-refractivity contribution is -0.144. The molecule has 32 heavy (non-hydrogen) atoms. The van der Waals surface area contributed by atoms with Crippen LogP contribution in [0.4, 0.5) is 0 Å². The Kier molecular flexibility index (Phi) is 7.76. The number of hydrogen-bond acceptors (Lipinski definition) is 3. The number of piperidine rings is 1. The van der Waals surface area contributed by atoms with Crippen LogP contribution in [0.15, 0.2) is 91.0 Å². The van der Waals surface area contributed by atoms with Crippen molar-refractivity contribution in [3.8, 4) is 0 Å². The van der Waals surface area contributed by atoms with Crippen molar-refractivity contribution >= 4 is 23.6 Å². The maximum absolute atomic E-state index is 12.6. The van der Waals surface area contributed by atoms with Crippen molar-refractivity contribution in [1.29, 1.82) is 0 Å². The summed E-state index contributed by atoms with van der Waals surface area (Å²) < 4.78 is 5.90. The molecule has 3 aromatic carbocycles. The minimum Gasteiger partial charge on any atom is -0.453 e. The van der Waals surface area contributed by atoms with E-state index in [9.17, 15) is 4.79 Å². The molecule has 4 rings (SSSR count). The molecule has 1 saturated heterocycles. The summed E-state index contributed by atoms with van der Waals surface area (Å²) in [4.78, 5) is 15.0. The summed E-state index contributed by atoms with van der Waals surface area (Å²) in [5.41, 5.74) is 3.34. The van der Waals surface area contributed by atoms with Crippen LogP contribution >= 0.6 is 11.6 Å². The van der Waals surface area contributed by atoms with Gasteiger partial charge in [0, 0.05) is 17.6 Å². The summed E-state index contributed by atoms with van der Waals surface area (Å²) in [6.07, 6.45) is 5.17. The van der Waals surface area contributed by atoms with Crippen molar-refractivity contribution in [2.24, 2.45) is 0 Å². The Morgan fingerprint density at radius 1 is 0.938 bits per heavy atom. The number of likely N-dealkylation sites (tertiary alicyclic amines) is 1. The van der Waals surface area contributed by atoms with E-state index in [2.05, 4.69) is 35.2 Å². The highest BCUT2D eigenvalue weighted by Gasteiger charge is 2.25. The zero-order chi connectivity index (χ0) is 22.2. The number of benzene rings is 3. The predicted octanol–water partition coefficient (Wildman–Crippen LogP) is 6.52. The monoisotopic (exact) mass is 445 g/mol. The summed E-state index contributed by atoms with van der Waals surface area (Å²) in [5, 5.41) is 0.673. The molecule has 1 unspecified atom stereocenters. The van der Waals surface area contributed by atoms with Crippen molar-refractivity contribution in [3.05, 3.63) is 113 Å². The van der Waals surface area contributed by atoms with Crippen LogP contribution in [0.1, 0.15) is 41.6 Å². The Morgan fingerprint density at radius 3 is 2.22 bits per heavy atom. The van der Waals surface area contributed by atoms with Gasteiger partial charge in [0.1, 0.15) is 6.10 Å². The molecular weight excluding hydrogens is 418 g/mol. The maximum Gasteiger partial charge on any atom is 0.331 e. The van der Waals surface area contributed by atoms with E-state index >= 15 is 0 Å². The SMILES string of the molecule is O=C(C=Cc1ccccc1)OC(CN1CCC(c2ccccc2)CC1)c1ccc(Cl)cc1. The van der Waals surface area contributed by atoms with Gasteiger partial charge in [0.2, 0.25) is 0 Å². The van der Waals surface area contributed by atoms with Gasteiger partial charge in [-0.1, -0.05) is 84.4 Å². The number of ether oxygens (including phenoxy) is 1. The topological polar surface area (TPSA) is 29.5 Å². The first-order chi connectivity index (χ1) is 15.7. The summed E-state index contributed by atoms with van der Waals surface area (Å²) in [5.74, 6) is 0.255. The van der Waals surface area contributed by atoms with E-state index in [1.165, 1.54) is 11.6 Å². The second kappa shape index (κ2) is 11.1. The molecule has 4 heteroatoms. The second-order valence-electron chi connectivity index (χ2n) is 8.21. The van der Waals surface area contributed by atoms with Crippen LogP contribution in [0.3, 0.4) is 0 Å². The molecule has 1 aliphatic rings. The molecule has 3 aromatic rings. The first-order valence-electron chi connectivity index (χ1n) is 11.1. The Bertz CT molecular complexity index is 1010. The van der Waals surface area contributed by atoms with E-state index in [4.69, 9.17) is 16.3 Å². The molecule has 0 aromatic heterocycles. The number of carbonyl (C=O) groups is 1. The zero-order valence-corrected chi connectivity index (χ0v) is 18.8. The maximum atomic E-state index is 12.6. The summed E-state index contributed by atoms with van der Waals surface area (Å²) in [6.45, 7) is 2.65. The lowest BCUT2D eigenvalue weighted by Gasteiger charge is -2.34. The second-order valence-corrected chi connectivity index (χ2v) is 8.64. The summed E-state index contributed by atoms with van der Waals surface area (Å²) >= 11 is 6.08. The number of carbonyl (C=O) groups excluding carboxylic acids is 1. The third-order valence-corrected chi connectivity index (χ3v) is 6.25. The first kappa shape index (κ1) is 22.3. The van der Waals surface area contributed by atoms with Gasteiger partial charge in [-0.15, -0.1) is 0 Å². The molecule has 164 valence electrons. The fraction of sp³-hybridized carbons (Fsp3) is 0.250. The highest BCUT2D eigenvalue weighted by Crippen LogP contribution is 2.30. The number of hydrogen-bond donors (Lipinski definition) is 0. The number of rotatable bonds is 7. The molecule has 0 amide bonds. The minimum atomic E-state index is -0.340. The van der Waals surface area contributed by atoms with E-state index in [0.29, 0.717) is 17.5 Å². The van der Waals surface area contributed by atoms with Gasteiger partial charge in [-0.25, -0.2) is 4.79 Å². The largest absolute Gasteiger partial charge is 0.453 e. The third kappa shape index (κ3) is 6.32. The van der Waals surface area contributed by atoms with E-state index in [-0.39, 0.29) is 12.1 Å². The molecular formula is C28H28ClNO2. The van der Waals surface area contributed by atoms with Crippen molar-refractivity contribution in [3.63, 3.8) is 0 Å². The van der Waals surface area contributed by atoms with E-state index in [0.717, 1.165) is 37.1 Å². The van der Waals surface area contributed by atoms with Crippen LogP contribution in [0.2, 0.25) is 5.02 Å². The smallest absolute Gasteiger partial charge is 0.331 e. The van der Waals surface area contributed by atoms with Crippen molar-refractivity contribution in [2.45, 2.75) is 24.9 Å². The minimum absolute atomic E-state index is 0.339. The molecule has 1 heterocycles. The predicted molar refractivity (Wildman–Crippen MR) is 131 cm³/mol. The summed E-state index contributed by atoms with van der Waals surface area (Å²) in [6, 6.07) is 28.1. The van der Waals surface area contributed by atoms with E-state index in [1.54, 1.807) is 6.08 Å². The molecule has 0 N–H and O–H groups in total. The fourth-order valence-electron chi connectivity index (χ4n) is 4.20. The molecule has 0 radical (unpaired) electrons. The normalized spacial score (nSPS) is 16.2. The van der Waals surface area contributed by atoms with Crippen LogP contribution < -0.4 is 0 Å². The van der Waals surface area contributed by atoms with Crippen molar-refractivity contribution in [2.75, 3.05) is 19.6 Å². The molecule has 1 fully saturated rings.